The molecule has 224 valence electrons. The summed E-state index contributed by atoms with van der Waals surface area (Å²) in [6.07, 6.45) is 3.57. The van der Waals surface area contributed by atoms with E-state index in [4.69, 9.17) is 14.2 Å². The predicted molar refractivity (Wildman–Crippen MR) is 150 cm³/mol. The summed E-state index contributed by atoms with van der Waals surface area (Å²) in [5, 5.41) is 0. The molecule has 0 saturated carbocycles. The zero-order valence-electron chi connectivity index (χ0n) is 22.5. The molecule has 1 aromatic heterocycles. The maximum Gasteiger partial charge on any atom is 0.387 e. The second-order valence-electron chi connectivity index (χ2n) is 9.50. The summed E-state index contributed by atoms with van der Waals surface area (Å²) >= 11 is 0. The number of halogens is 3. The third-order valence-electron chi connectivity index (χ3n) is 6.47. The number of amides is 1. The van der Waals surface area contributed by atoms with E-state index in [0.29, 0.717) is 37.6 Å². The molecule has 4 aromatic rings. The minimum absolute atomic E-state index is 0.0380. The van der Waals surface area contributed by atoms with Crippen molar-refractivity contribution in [3.8, 4) is 11.5 Å². The van der Waals surface area contributed by atoms with Crippen molar-refractivity contribution in [1.29, 1.82) is 0 Å². The minimum Gasteiger partial charge on any atom is -0.484 e. The van der Waals surface area contributed by atoms with Crippen LogP contribution in [0.4, 0.5) is 24.5 Å². The Morgan fingerprint density at radius 3 is 2.49 bits per heavy atom. The zero-order chi connectivity index (χ0) is 30.4. The fraction of sp³-hybridized carbons (Fsp3) is 0.200. The number of sulfonamides is 1. The maximum atomic E-state index is 13.5. The number of pyridine rings is 1. The Kier molecular flexibility index (Phi) is 9.12. The molecule has 1 aliphatic heterocycles. The summed E-state index contributed by atoms with van der Waals surface area (Å²) < 4.78 is 83.0. The quantitative estimate of drug-likeness (QED) is 0.238. The molecule has 5 rings (SSSR count). The second-order valence-corrected chi connectivity index (χ2v) is 11.2. The number of alkyl halides is 2. The number of benzene rings is 3. The molecule has 3 aromatic carbocycles. The molecule has 0 radical (unpaired) electrons. The van der Waals surface area contributed by atoms with Crippen LogP contribution in [0.1, 0.15) is 22.3 Å². The van der Waals surface area contributed by atoms with E-state index in [-0.39, 0.29) is 28.1 Å². The smallest absolute Gasteiger partial charge is 0.387 e. The minimum atomic E-state index is -4.31. The first-order valence-electron chi connectivity index (χ1n) is 13.1. The maximum absolute atomic E-state index is 13.5. The van der Waals surface area contributed by atoms with Crippen molar-refractivity contribution in [1.82, 2.24) is 9.71 Å². The number of hydrogen-bond donors (Lipinski definition) is 1. The third kappa shape index (κ3) is 7.62. The monoisotopic (exact) mass is 613 g/mol. The standard InChI is InChI=1S/C30H26F3N3O6S/c31-22-4-1-5-26(15-22)43(38,39)35-29(37)21-6-8-23(9-7-21)36(18-20-3-2-13-34-17-20)24-10-11-27(42-30(32)33)28(16-24)41-25-12-14-40-19-25/h1-11,13,15-17,25,30H,12,14,18-19H2,(H,35,37)/t25-/m1/s1. The van der Waals surface area contributed by atoms with Crippen LogP contribution in [0.2, 0.25) is 0 Å². The van der Waals surface area contributed by atoms with Gasteiger partial charge in [0.15, 0.2) is 11.5 Å². The van der Waals surface area contributed by atoms with Crippen LogP contribution in [0, 0.1) is 5.82 Å². The Morgan fingerprint density at radius 1 is 1.02 bits per heavy atom. The number of carbonyl (C=O) groups is 1. The summed E-state index contributed by atoms with van der Waals surface area (Å²) in [6.45, 7) is -1.95. The van der Waals surface area contributed by atoms with Gasteiger partial charge >= 0.3 is 6.61 Å². The van der Waals surface area contributed by atoms with E-state index in [1.165, 1.54) is 30.3 Å². The van der Waals surface area contributed by atoms with E-state index in [1.54, 1.807) is 42.7 Å². The normalized spacial score (nSPS) is 14.8. The highest BCUT2D eigenvalue weighted by molar-refractivity contribution is 7.90. The lowest BCUT2D eigenvalue weighted by Gasteiger charge is -2.27. The van der Waals surface area contributed by atoms with E-state index in [1.807, 2.05) is 15.7 Å². The van der Waals surface area contributed by atoms with Crippen molar-refractivity contribution in [3.63, 3.8) is 0 Å². The van der Waals surface area contributed by atoms with Crippen LogP contribution in [0.15, 0.2) is 96.2 Å². The first-order chi connectivity index (χ1) is 20.7. The van der Waals surface area contributed by atoms with Gasteiger partial charge in [-0.05, 0) is 66.2 Å². The molecule has 0 unspecified atom stereocenters. The lowest BCUT2D eigenvalue weighted by atomic mass is 10.1. The van der Waals surface area contributed by atoms with Gasteiger partial charge in [0.2, 0.25) is 0 Å². The Labute approximate surface area is 245 Å². The highest BCUT2D eigenvalue weighted by atomic mass is 32.2. The number of rotatable bonds is 11. The topological polar surface area (TPSA) is 107 Å². The number of aromatic nitrogens is 1. The highest BCUT2D eigenvalue weighted by Gasteiger charge is 2.23. The van der Waals surface area contributed by atoms with Crippen molar-refractivity contribution in [2.45, 2.75) is 30.6 Å². The van der Waals surface area contributed by atoms with Crippen LogP contribution in [0.3, 0.4) is 0 Å². The zero-order valence-corrected chi connectivity index (χ0v) is 23.3. The Morgan fingerprint density at radius 2 is 1.81 bits per heavy atom. The number of carbonyl (C=O) groups excluding carboxylic acids is 1. The van der Waals surface area contributed by atoms with Crippen molar-refractivity contribution in [2.24, 2.45) is 0 Å². The van der Waals surface area contributed by atoms with Gasteiger partial charge in [-0.1, -0.05) is 12.1 Å². The molecular formula is C30H26F3N3O6S. The van der Waals surface area contributed by atoms with Crippen LogP contribution in [-0.4, -0.2) is 45.2 Å². The average Bonchev–Trinajstić information content (AvgIpc) is 3.50. The van der Waals surface area contributed by atoms with Gasteiger partial charge in [-0.15, -0.1) is 0 Å². The van der Waals surface area contributed by atoms with Crippen LogP contribution in [0.25, 0.3) is 0 Å². The van der Waals surface area contributed by atoms with Crippen molar-refractivity contribution >= 4 is 27.3 Å². The molecule has 1 atom stereocenters. The summed E-state index contributed by atoms with van der Waals surface area (Å²) in [5.41, 5.74) is 2.01. The third-order valence-corrected chi connectivity index (χ3v) is 7.80. The molecule has 0 aliphatic carbocycles. The predicted octanol–water partition coefficient (Wildman–Crippen LogP) is 5.45. The summed E-state index contributed by atoms with van der Waals surface area (Å²) in [5.74, 6) is -1.67. The molecule has 1 N–H and O–H groups in total. The number of nitrogens with zero attached hydrogens (tertiary/aromatic N) is 2. The molecule has 1 fully saturated rings. The van der Waals surface area contributed by atoms with E-state index in [2.05, 4.69) is 4.98 Å². The van der Waals surface area contributed by atoms with Gasteiger partial charge in [0, 0.05) is 48.4 Å². The van der Waals surface area contributed by atoms with E-state index in [0.717, 1.165) is 17.7 Å². The molecule has 1 aliphatic rings. The lowest BCUT2D eigenvalue weighted by Crippen LogP contribution is -2.30. The summed E-state index contributed by atoms with van der Waals surface area (Å²) in [6, 6.07) is 18.6. The van der Waals surface area contributed by atoms with Crippen molar-refractivity contribution in [2.75, 3.05) is 18.1 Å². The van der Waals surface area contributed by atoms with Crippen LogP contribution in [0.5, 0.6) is 11.5 Å². The van der Waals surface area contributed by atoms with Crippen LogP contribution < -0.4 is 19.1 Å². The SMILES string of the molecule is O=C(NS(=O)(=O)c1cccc(F)c1)c1ccc(N(Cc2cccnc2)c2ccc(OC(F)F)c(O[C@@H]3CCOC3)c2)cc1. The van der Waals surface area contributed by atoms with Gasteiger partial charge in [-0.3, -0.25) is 9.78 Å². The first-order valence-corrected chi connectivity index (χ1v) is 14.6. The number of hydrogen-bond acceptors (Lipinski definition) is 8. The second kappa shape index (κ2) is 13.1. The number of nitrogens with one attached hydrogen (secondary N) is 1. The average molecular weight is 614 g/mol. The van der Waals surface area contributed by atoms with Gasteiger partial charge in [0.1, 0.15) is 11.9 Å². The molecule has 13 heteroatoms. The largest absolute Gasteiger partial charge is 0.484 e. The van der Waals surface area contributed by atoms with E-state index >= 15 is 0 Å². The fourth-order valence-corrected chi connectivity index (χ4v) is 5.41. The Hall–Kier alpha value is -4.62. The Bertz CT molecular complexity index is 1670. The molecule has 0 spiro atoms. The summed E-state index contributed by atoms with van der Waals surface area (Å²) in [4.78, 5) is 18.4. The van der Waals surface area contributed by atoms with E-state index < -0.39 is 28.4 Å². The first kappa shape index (κ1) is 29.9. The van der Waals surface area contributed by atoms with E-state index in [9.17, 15) is 26.4 Å². The molecule has 9 nitrogen and oxygen atoms in total. The molecule has 43 heavy (non-hydrogen) atoms. The Balaban J connectivity index is 1.44. The van der Waals surface area contributed by atoms with Crippen LogP contribution >= 0.6 is 0 Å². The van der Waals surface area contributed by atoms with Crippen LogP contribution in [-0.2, 0) is 21.3 Å². The van der Waals surface area contributed by atoms with Gasteiger partial charge in [-0.2, -0.15) is 8.78 Å². The molecular weight excluding hydrogens is 587 g/mol. The highest BCUT2D eigenvalue weighted by Crippen LogP contribution is 2.38. The van der Waals surface area contributed by atoms with Gasteiger partial charge in [0.05, 0.1) is 18.1 Å². The molecule has 1 saturated heterocycles. The van der Waals surface area contributed by atoms with Gasteiger partial charge in [-0.25, -0.2) is 17.5 Å². The molecule has 1 amide bonds. The number of ether oxygens (including phenoxy) is 3. The van der Waals surface area contributed by atoms with Crippen molar-refractivity contribution < 1.29 is 40.6 Å². The van der Waals surface area contributed by atoms with Crippen molar-refractivity contribution in [3.05, 3.63) is 108 Å². The number of anilines is 2. The summed E-state index contributed by atoms with van der Waals surface area (Å²) in [7, 11) is -4.31. The fourth-order valence-electron chi connectivity index (χ4n) is 4.41. The van der Waals surface area contributed by atoms with Gasteiger partial charge in [0.25, 0.3) is 15.9 Å². The van der Waals surface area contributed by atoms with Gasteiger partial charge < -0.3 is 19.1 Å². The lowest BCUT2D eigenvalue weighted by molar-refractivity contribution is -0.0520. The molecule has 2 heterocycles. The molecule has 0 bridgehead atoms.